The summed E-state index contributed by atoms with van der Waals surface area (Å²) in [5.41, 5.74) is 1.92. The summed E-state index contributed by atoms with van der Waals surface area (Å²) in [6.45, 7) is 1.24. The molecule has 1 saturated heterocycles. The van der Waals surface area contributed by atoms with Gasteiger partial charge in [0.15, 0.2) is 0 Å². The minimum atomic E-state index is -3.75. The molecule has 0 bridgehead atoms. The zero-order valence-electron chi connectivity index (χ0n) is 17.3. The molecule has 1 amide bonds. The number of carbonyl (C=O) groups is 1. The Morgan fingerprint density at radius 1 is 0.906 bits per heavy atom. The largest absolute Gasteiger partial charge is 0.379 e. The minimum absolute atomic E-state index is 0.0323. The third kappa shape index (κ3) is 4.86. The monoisotopic (exact) mass is 470 g/mol. The molecule has 0 atom stereocenters. The van der Waals surface area contributed by atoms with E-state index in [4.69, 9.17) is 16.3 Å². The van der Waals surface area contributed by atoms with E-state index >= 15 is 0 Å². The highest BCUT2D eigenvalue weighted by Gasteiger charge is 2.28. The Kier molecular flexibility index (Phi) is 6.91. The summed E-state index contributed by atoms with van der Waals surface area (Å²) in [5, 5.41) is 3.20. The molecule has 1 fully saturated rings. The van der Waals surface area contributed by atoms with E-state index in [1.807, 2.05) is 60.7 Å². The fraction of sp³-hybridized carbons (Fsp3) is 0.208. The van der Waals surface area contributed by atoms with Crippen LogP contribution >= 0.6 is 11.6 Å². The molecule has 4 rings (SSSR count). The van der Waals surface area contributed by atoms with E-state index in [1.165, 1.54) is 22.5 Å². The van der Waals surface area contributed by atoms with Gasteiger partial charge < -0.3 is 10.1 Å². The number of nitrogens with one attached hydrogen (secondary N) is 1. The summed E-state index contributed by atoms with van der Waals surface area (Å²) >= 11 is 6.31. The van der Waals surface area contributed by atoms with E-state index in [2.05, 4.69) is 5.32 Å². The van der Waals surface area contributed by atoms with Crippen LogP contribution in [0.3, 0.4) is 0 Å². The van der Waals surface area contributed by atoms with Gasteiger partial charge in [0.1, 0.15) is 0 Å². The van der Waals surface area contributed by atoms with E-state index in [-0.39, 0.29) is 28.6 Å². The van der Waals surface area contributed by atoms with Crippen LogP contribution in [0.15, 0.2) is 83.8 Å². The maximum Gasteiger partial charge on any atom is 0.253 e. The number of rotatable bonds is 6. The molecule has 0 aromatic heterocycles. The van der Waals surface area contributed by atoms with E-state index in [0.717, 1.165) is 11.1 Å². The van der Waals surface area contributed by atoms with Gasteiger partial charge in [0.2, 0.25) is 10.0 Å². The van der Waals surface area contributed by atoms with E-state index in [1.54, 1.807) is 0 Å². The average Bonchev–Trinajstić information content (AvgIpc) is 2.84. The Hall–Kier alpha value is -2.71. The van der Waals surface area contributed by atoms with Crippen LogP contribution in [0.4, 0.5) is 0 Å². The molecule has 3 aromatic rings. The molecule has 0 radical (unpaired) electrons. The predicted octanol–water partition coefficient (Wildman–Crippen LogP) is 3.88. The second-order valence-electron chi connectivity index (χ2n) is 7.39. The Labute approximate surface area is 192 Å². The van der Waals surface area contributed by atoms with Crippen LogP contribution in [0.25, 0.3) is 0 Å². The van der Waals surface area contributed by atoms with Gasteiger partial charge in [-0.15, -0.1) is 0 Å². The molecule has 166 valence electrons. The number of amides is 1. The van der Waals surface area contributed by atoms with Crippen molar-refractivity contribution in [3.8, 4) is 0 Å². The van der Waals surface area contributed by atoms with Crippen LogP contribution in [0, 0.1) is 0 Å². The van der Waals surface area contributed by atoms with Crippen molar-refractivity contribution in [3.63, 3.8) is 0 Å². The highest BCUT2D eigenvalue weighted by molar-refractivity contribution is 7.89. The lowest BCUT2D eigenvalue weighted by Crippen LogP contribution is -2.40. The van der Waals surface area contributed by atoms with E-state index in [9.17, 15) is 13.2 Å². The number of carbonyl (C=O) groups excluding carboxylic acids is 1. The number of morpholine rings is 1. The maximum absolute atomic E-state index is 13.3. The standard InChI is InChI=1S/C24H23ClN2O4S/c25-22-12-11-20(32(29,30)27-13-15-31-16-14-27)17-21(22)24(28)26-23(18-7-3-1-4-8-18)19-9-5-2-6-10-19/h1-12,17,23H,13-16H2,(H,26,28). The first kappa shape index (κ1) is 22.5. The van der Waals surface area contributed by atoms with Crippen molar-refractivity contribution < 1.29 is 17.9 Å². The molecule has 32 heavy (non-hydrogen) atoms. The van der Waals surface area contributed by atoms with Crippen LogP contribution in [-0.4, -0.2) is 44.9 Å². The first-order valence-corrected chi connectivity index (χ1v) is 12.1. The normalized spacial score (nSPS) is 14.9. The zero-order valence-corrected chi connectivity index (χ0v) is 18.9. The van der Waals surface area contributed by atoms with Gasteiger partial charge in [0, 0.05) is 13.1 Å². The molecule has 1 aliphatic rings. The summed E-state index contributed by atoms with van der Waals surface area (Å²) in [6.07, 6.45) is 0. The van der Waals surface area contributed by atoms with Gasteiger partial charge in [-0.25, -0.2) is 8.42 Å². The van der Waals surface area contributed by atoms with Crippen molar-refractivity contribution in [1.29, 1.82) is 0 Å². The Bertz CT molecular complexity index is 1140. The summed E-state index contributed by atoms with van der Waals surface area (Å²) in [5.74, 6) is -0.452. The predicted molar refractivity (Wildman–Crippen MR) is 123 cm³/mol. The maximum atomic E-state index is 13.3. The highest BCUT2D eigenvalue weighted by Crippen LogP contribution is 2.26. The third-order valence-electron chi connectivity index (χ3n) is 5.33. The van der Waals surface area contributed by atoms with E-state index < -0.39 is 22.0 Å². The molecule has 8 heteroatoms. The molecule has 0 spiro atoms. The molecular formula is C24H23ClN2O4S. The topological polar surface area (TPSA) is 75.7 Å². The molecule has 0 saturated carbocycles. The van der Waals surface area contributed by atoms with Crippen LogP contribution in [0.1, 0.15) is 27.5 Å². The van der Waals surface area contributed by atoms with Crippen molar-refractivity contribution in [2.24, 2.45) is 0 Å². The zero-order chi connectivity index (χ0) is 22.6. The van der Waals surface area contributed by atoms with Gasteiger partial charge >= 0.3 is 0 Å². The number of hydrogen-bond acceptors (Lipinski definition) is 4. The molecule has 1 aliphatic heterocycles. The fourth-order valence-electron chi connectivity index (χ4n) is 3.63. The molecule has 3 aromatic carbocycles. The Morgan fingerprint density at radius 2 is 1.47 bits per heavy atom. The first-order valence-electron chi connectivity index (χ1n) is 10.2. The van der Waals surface area contributed by atoms with Crippen molar-refractivity contribution in [1.82, 2.24) is 9.62 Å². The van der Waals surface area contributed by atoms with Crippen LogP contribution in [0.5, 0.6) is 0 Å². The molecule has 1 heterocycles. The van der Waals surface area contributed by atoms with Crippen LogP contribution in [0.2, 0.25) is 5.02 Å². The van der Waals surface area contributed by atoms with E-state index in [0.29, 0.717) is 13.2 Å². The number of halogens is 1. The van der Waals surface area contributed by atoms with Crippen molar-refractivity contribution in [2.75, 3.05) is 26.3 Å². The van der Waals surface area contributed by atoms with Gasteiger partial charge in [0.05, 0.1) is 34.7 Å². The van der Waals surface area contributed by atoms with Crippen molar-refractivity contribution >= 4 is 27.5 Å². The second-order valence-corrected chi connectivity index (χ2v) is 9.73. The Balaban J connectivity index is 1.65. The second kappa shape index (κ2) is 9.83. The number of hydrogen-bond donors (Lipinski definition) is 1. The number of ether oxygens (including phenoxy) is 1. The molecule has 0 aliphatic carbocycles. The lowest BCUT2D eigenvalue weighted by molar-refractivity contribution is 0.0730. The van der Waals surface area contributed by atoms with Gasteiger partial charge in [0.25, 0.3) is 5.91 Å². The fourth-order valence-corrected chi connectivity index (χ4v) is 5.27. The minimum Gasteiger partial charge on any atom is -0.379 e. The van der Waals surface area contributed by atoms with Gasteiger partial charge in [-0.05, 0) is 29.3 Å². The SMILES string of the molecule is O=C(NC(c1ccccc1)c1ccccc1)c1cc(S(=O)(=O)N2CCOCC2)ccc1Cl. The van der Waals surface area contributed by atoms with Crippen LogP contribution in [-0.2, 0) is 14.8 Å². The quantitative estimate of drug-likeness (QED) is 0.593. The molecular weight excluding hydrogens is 448 g/mol. The van der Waals surface area contributed by atoms with Crippen LogP contribution < -0.4 is 5.32 Å². The summed E-state index contributed by atoms with van der Waals surface area (Å²) in [7, 11) is -3.75. The lowest BCUT2D eigenvalue weighted by Gasteiger charge is -2.26. The molecule has 6 nitrogen and oxygen atoms in total. The number of nitrogens with zero attached hydrogens (tertiary/aromatic N) is 1. The summed E-state index contributed by atoms with van der Waals surface area (Å²) in [4.78, 5) is 13.3. The van der Waals surface area contributed by atoms with Crippen molar-refractivity contribution in [3.05, 3.63) is 101 Å². The average molecular weight is 471 g/mol. The first-order chi connectivity index (χ1) is 15.5. The van der Waals surface area contributed by atoms with Crippen molar-refractivity contribution in [2.45, 2.75) is 10.9 Å². The number of benzene rings is 3. The third-order valence-corrected chi connectivity index (χ3v) is 7.56. The van der Waals surface area contributed by atoms with Gasteiger partial charge in [-0.1, -0.05) is 72.3 Å². The molecule has 1 N–H and O–H groups in total. The van der Waals surface area contributed by atoms with Gasteiger partial charge in [-0.3, -0.25) is 4.79 Å². The number of sulfonamides is 1. The Morgan fingerprint density at radius 3 is 2.03 bits per heavy atom. The summed E-state index contributed by atoms with van der Waals surface area (Å²) in [6, 6.07) is 22.9. The lowest BCUT2D eigenvalue weighted by atomic mass is 9.98. The highest BCUT2D eigenvalue weighted by atomic mass is 35.5. The smallest absolute Gasteiger partial charge is 0.253 e. The summed E-state index contributed by atoms with van der Waals surface area (Å²) < 4.78 is 32.7. The molecule has 0 unspecified atom stereocenters. The van der Waals surface area contributed by atoms with Gasteiger partial charge in [-0.2, -0.15) is 4.31 Å².